The van der Waals surface area contributed by atoms with E-state index in [4.69, 9.17) is 0 Å². The number of rotatable bonds is 1. The van der Waals surface area contributed by atoms with Gasteiger partial charge in [-0.3, -0.25) is 4.79 Å². The van der Waals surface area contributed by atoms with E-state index >= 15 is 0 Å². The second kappa shape index (κ2) is 5.25. The van der Waals surface area contributed by atoms with Crippen LogP contribution in [0.15, 0.2) is 22.8 Å². The quantitative estimate of drug-likeness (QED) is 0.709. The molecule has 3 aliphatic carbocycles. The van der Waals surface area contributed by atoms with Gasteiger partial charge in [-0.25, -0.2) is 0 Å². The molecule has 0 amide bonds. The Bertz CT molecular complexity index is 552. The highest BCUT2D eigenvalue weighted by Gasteiger charge is 2.57. The monoisotopic (exact) mass is 302 g/mol. The van der Waals surface area contributed by atoms with Gasteiger partial charge in [-0.05, 0) is 82.1 Å². The molecule has 0 aromatic carbocycles. The van der Waals surface area contributed by atoms with E-state index in [1.165, 1.54) is 30.4 Å². The maximum atomic E-state index is 12.0. The fourth-order valence-corrected chi connectivity index (χ4v) is 5.82. The first-order chi connectivity index (χ1) is 10.3. The minimum atomic E-state index is -0.573. The number of carbonyl (C=O) groups is 1. The minimum Gasteiger partial charge on any atom is -0.481 e. The van der Waals surface area contributed by atoms with Crippen molar-refractivity contribution >= 4 is 5.97 Å². The lowest BCUT2D eigenvalue weighted by Gasteiger charge is -2.58. The molecule has 2 saturated carbocycles. The van der Waals surface area contributed by atoms with Gasteiger partial charge in [-0.2, -0.15) is 0 Å². The number of fused-ring (bicyclic) bond motifs is 3. The van der Waals surface area contributed by atoms with Crippen molar-refractivity contribution < 1.29 is 9.90 Å². The molecule has 4 atom stereocenters. The molecule has 0 aromatic rings. The molecule has 0 saturated heterocycles. The third-order valence-electron chi connectivity index (χ3n) is 7.13. The number of hydrogen-bond donors (Lipinski definition) is 1. The third kappa shape index (κ3) is 2.18. The Labute approximate surface area is 134 Å². The maximum absolute atomic E-state index is 12.0. The molecular weight excluding hydrogens is 272 g/mol. The molecular formula is C20H30O2. The van der Waals surface area contributed by atoms with E-state index in [-0.39, 0.29) is 5.41 Å². The Kier molecular flexibility index (Phi) is 3.78. The summed E-state index contributed by atoms with van der Waals surface area (Å²) >= 11 is 0. The molecule has 122 valence electrons. The minimum absolute atomic E-state index is 0.183. The van der Waals surface area contributed by atoms with Crippen molar-refractivity contribution in [2.24, 2.45) is 22.7 Å². The van der Waals surface area contributed by atoms with Gasteiger partial charge < -0.3 is 5.11 Å². The molecule has 2 heteroatoms. The van der Waals surface area contributed by atoms with Crippen molar-refractivity contribution in [3.05, 3.63) is 22.8 Å². The van der Waals surface area contributed by atoms with E-state index in [9.17, 15) is 9.90 Å². The molecule has 0 unspecified atom stereocenters. The zero-order valence-corrected chi connectivity index (χ0v) is 14.5. The van der Waals surface area contributed by atoms with Crippen LogP contribution in [0.1, 0.15) is 72.6 Å². The number of hydrogen-bond acceptors (Lipinski definition) is 1. The van der Waals surface area contributed by atoms with Crippen LogP contribution in [0.5, 0.6) is 0 Å². The number of carboxylic acids is 1. The van der Waals surface area contributed by atoms with Crippen molar-refractivity contribution in [2.75, 3.05) is 0 Å². The average Bonchev–Trinajstić information content (AvgIpc) is 2.46. The van der Waals surface area contributed by atoms with Crippen LogP contribution in [0.3, 0.4) is 0 Å². The molecule has 0 radical (unpaired) electrons. The lowest BCUT2D eigenvalue weighted by Crippen LogP contribution is -2.53. The van der Waals surface area contributed by atoms with E-state index in [0.29, 0.717) is 11.8 Å². The summed E-state index contributed by atoms with van der Waals surface area (Å²) in [7, 11) is 0. The van der Waals surface area contributed by atoms with Gasteiger partial charge in [0.2, 0.25) is 0 Å². The van der Waals surface area contributed by atoms with Gasteiger partial charge in [0.15, 0.2) is 0 Å². The molecule has 0 heterocycles. The van der Waals surface area contributed by atoms with Crippen LogP contribution in [0.2, 0.25) is 0 Å². The molecule has 1 N–H and O–H groups in total. The van der Waals surface area contributed by atoms with Gasteiger partial charge in [0.25, 0.3) is 0 Å². The van der Waals surface area contributed by atoms with Crippen LogP contribution < -0.4 is 0 Å². The normalized spacial score (nSPS) is 41.3. The van der Waals surface area contributed by atoms with Crippen molar-refractivity contribution in [1.82, 2.24) is 0 Å². The van der Waals surface area contributed by atoms with Crippen LogP contribution in [-0.4, -0.2) is 11.1 Å². The van der Waals surface area contributed by atoms with Crippen LogP contribution in [0.4, 0.5) is 0 Å². The number of carboxylic acid groups (broad SMARTS) is 1. The standard InChI is InChI=1S/C20H30O2/c1-13(2)14-6-8-16-15(12-14)7-9-17-19(16,3)10-5-11-20(17,4)18(21)22/h12,16-17H,5-11H2,1-4H3,(H,21,22)/t16-,17+,19-,20-/m1/s1. The summed E-state index contributed by atoms with van der Waals surface area (Å²) in [6.45, 7) is 8.82. The van der Waals surface area contributed by atoms with Crippen molar-refractivity contribution in [2.45, 2.75) is 72.6 Å². The highest BCUT2D eigenvalue weighted by molar-refractivity contribution is 5.75. The highest BCUT2D eigenvalue weighted by Crippen LogP contribution is 2.63. The SMILES string of the molecule is CC(C)=C1C=C2CC[C@H]3[C@](C)(CCC[C@@]3(C)C(=O)O)[C@@H]2CC1. The second-order valence-corrected chi connectivity index (χ2v) is 8.51. The molecule has 2 nitrogen and oxygen atoms in total. The zero-order chi connectivity index (χ0) is 16.1. The molecule has 0 bridgehead atoms. The van der Waals surface area contributed by atoms with Gasteiger partial charge in [0, 0.05) is 0 Å². The van der Waals surface area contributed by atoms with Crippen LogP contribution in [0.25, 0.3) is 0 Å². The van der Waals surface area contributed by atoms with Gasteiger partial charge >= 0.3 is 5.97 Å². The fourth-order valence-electron chi connectivity index (χ4n) is 5.82. The predicted molar refractivity (Wildman–Crippen MR) is 89.6 cm³/mol. The lowest BCUT2D eigenvalue weighted by atomic mass is 9.46. The molecule has 0 aromatic heterocycles. The average molecular weight is 302 g/mol. The summed E-state index contributed by atoms with van der Waals surface area (Å²) in [4.78, 5) is 12.0. The van der Waals surface area contributed by atoms with Crippen molar-refractivity contribution in [3.8, 4) is 0 Å². The summed E-state index contributed by atoms with van der Waals surface area (Å²) in [5, 5.41) is 9.84. The molecule has 22 heavy (non-hydrogen) atoms. The van der Waals surface area contributed by atoms with Gasteiger partial charge in [-0.15, -0.1) is 0 Å². The van der Waals surface area contributed by atoms with Gasteiger partial charge in [-0.1, -0.05) is 30.6 Å². The Hall–Kier alpha value is -1.05. The first kappa shape index (κ1) is 15.8. The Morgan fingerprint density at radius 2 is 1.91 bits per heavy atom. The van der Waals surface area contributed by atoms with Gasteiger partial charge in [0.05, 0.1) is 5.41 Å². The molecule has 0 spiro atoms. The summed E-state index contributed by atoms with van der Waals surface area (Å²) in [6, 6.07) is 0. The molecule has 0 aliphatic heterocycles. The van der Waals surface area contributed by atoms with Crippen LogP contribution >= 0.6 is 0 Å². The van der Waals surface area contributed by atoms with E-state index in [1.54, 1.807) is 5.57 Å². The fraction of sp³-hybridized carbons (Fsp3) is 0.750. The third-order valence-corrected chi connectivity index (χ3v) is 7.13. The summed E-state index contributed by atoms with van der Waals surface area (Å²) in [5.74, 6) is 0.367. The molecule has 3 rings (SSSR count). The van der Waals surface area contributed by atoms with E-state index in [2.05, 4.69) is 26.8 Å². The van der Waals surface area contributed by atoms with E-state index < -0.39 is 11.4 Å². The van der Waals surface area contributed by atoms with Crippen molar-refractivity contribution in [3.63, 3.8) is 0 Å². The summed E-state index contributed by atoms with van der Waals surface area (Å²) in [6.07, 6.45) is 10.1. The Morgan fingerprint density at radius 3 is 2.55 bits per heavy atom. The second-order valence-electron chi connectivity index (χ2n) is 8.51. The summed E-state index contributed by atoms with van der Waals surface area (Å²) < 4.78 is 0. The first-order valence-corrected chi connectivity index (χ1v) is 8.89. The van der Waals surface area contributed by atoms with Gasteiger partial charge in [0.1, 0.15) is 0 Å². The van der Waals surface area contributed by atoms with Crippen molar-refractivity contribution in [1.29, 1.82) is 0 Å². The predicted octanol–water partition coefficient (Wildman–Crippen LogP) is 5.35. The largest absolute Gasteiger partial charge is 0.481 e. The molecule has 3 aliphatic rings. The van der Waals surface area contributed by atoms with Crippen LogP contribution in [0, 0.1) is 22.7 Å². The summed E-state index contributed by atoms with van der Waals surface area (Å²) in [5.41, 5.74) is 4.23. The van der Waals surface area contributed by atoms with E-state index in [0.717, 1.165) is 25.7 Å². The number of aliphatic carboxylic acids is 1. The van der Waals surface area contributed by atoms with E-state index in [1.807, 2.05) is 6.92 Å². The Balaban J connectivity index is 1.99. The Morgan fingerprint density at radius 1 is 1.18 bits per heavy atom. The molecule has 2 fully saturated rings. The lowest BCUT2D eigenvalue weighted by molar-refractivity contribution is -0.164. The smallest absolute Gasteiger partial charge is 0.309 e. The zero-order valence-electron chi connectivity index (χ0n) is 14.5. The number of allylic oxidation sites excluding steroid dienone is 4. The maximum Gasteiger partial charge on any atom is 0.309 e. The highest BCUT2D eigenvalue weighted by atomic mass is 16.4. The topological polar surface area (TPSA) is 37.3 Å². The first-order valence-electron chi connectivity index (χ1n) is 8.89. The van der Waals surface area contributed by atoms with Crippen LogP contribution in [-0.2, 0) is 4.79 Å².